The van der Waals surface area contributed by atoms with Gasteiger partial charge in [-0.3, -0.25) is 10.1 Å². The number of hydrogen-bond acceptors (Lipinski definition) is 4. The van der Waals surface area contributed by atoms with Gasteiger partial charge in [-0.1, -0.05) is 25.2 Å². The summed E-state index contributed by atoms with van der Waals surface area (Å²) in [5.74, 6) is 0.186. The first-order chi connectivity index (χ1) is 7.58. The molecule has 1 heterocycles. The van der Waals surface area contributed by atoms with Crippen LogP contribution in [0.2, 0.25) is 0 Å². The summed E-state index contributed by atoms with van der Waals surface area (Å²) >= 11 is 7.07. The minimum atomic E-state index is -0.555. The number of alkyl halides is 1. The third kappa shape index (κ3) is 3.42. The molecule has 0 saturated heterocycles. The van der Waals surface area contributed by atoms with E-state index in [9.17, 15) is 4.79 Å². The van der Waals surface area contributed by atoms with Crippen LogP contribution < -0.4 is 5.32 Å². The smallest absolute Gasteiger partial charge is 0.243 e. The minimum Gasteiger partial charge on any atom is -0.299 e. The topological polar surface area (TPSA) is 54.9 Å². The van der Waals surface area contributed by atoms with Gasteiger partial charge in [0, 0.05) is 5.92 Å². The van der Waals surface area contributed by atoms with E-state index in [-0.39, 0.29) is 5.91 Å². The Bertz CT molecular complexity index is 350. The number of aromatic nitrogens is 2. The first-order valence-corrected chi connectivity index (χ1v) is 6.62. The lowest BCUT2D eigenvalue weighted by atomic mass is 10.1. The lowest BCUT2D eigenvalue weighted by molar-refractivity contribution is -0.115. The van der Waals surface area contributed by atoms with Gasteiger partial charge in [0.1, 0.15) is 10.4 Å². The van der Waals surface area contributed by atoms with Gasteiger partial charge >= 0.3 is 0 Å². The molecule has 0 fully saturated rings. The summed E-state index contributed by atoms with van der Waals surface area (Å²) < 4.78 is 0. The SMILES string of the molecule is CCC(CC)c1nnc(NC(=O)[C@H](C)Cl)s1. The second-order valence-electron chi connectivity index (χ2n) is 3.56. The maximum atomic E-state index is 11.3. The highest BCUT2D eigenvalue weighted by Gasteiger charge is 2.16. The molecule has 90 valence electrons. The standard InChI is InChI=1S/C10H16ClN3OS/c1-4-7(5-2)9-13-14-10(16-9)12-8(15)6(3)11/h6-7H,4-5H2,1-3H3,(H,12,14,15)/t6-/m0/s1. The van der Waals surface area contributed by atoms with Crippen molar-refractivity contribution in [3.63, 3.8) is 0 Å². The predicted molar refractivity (Wildman–Crippen MR) is 67.2 cm³/mol. The Morgan fingerprint density at radius 3 is 2.56 bits per heavy atom. The molecule has 1 N–H and O–H groups in total. The number of hydrogen-bond donors (Lipinski definition) is 1. The second kappa shape index (κ2) is 6.15. The average molecular weight is 262 g/mol. The fourth-order valence-electron chi connectivity index (χ4n) is 1.29. The van der Waals surface area contributed by atoms with E-state index >= 15 is 0 Å². The molecule has 1 atom stereocenters. The van der Waals surface area contributed by atoms with E-state index in [4.69, 9.17) is 11.6 Å². The summed E-state index contributed by atoms with van der Waals surface area (Å²) in [5, 5.41) is 11.6. The number of anilines is 1. The molecule has 0 aliphatic rings. The molecule has 0 radical (unpaired) electrons. The van der Waals surface area contributed by atoms with Crippen LogP contribution in [0.3, 0.4) is 0 Å². The van der Waals surface area contributed by atoms with Gasteiger partial charge in [0.25, 0.3) is 0 Å². The lowest BCUT2D eigenvalue weighted by Gasteiger charge is -2.05. The summed E-state index contributed by atoms with van der Waals surface area (Å²) in [6.45, 7) is 5.86. The summed E-state index contributed by atoms with van der Waals surface area (Å²) in [6, 6.07) is 0. The van der Waals surface area contributed by atoms with Gasteiger partial charge in [-0.2, -0.15) is 0 Å². The number of carbonyl (C=O) groups excluding carboxylic acids is 1. The molecule has 0 spiro atoms. The molecule has 0 saturated carbocycles. The molecular formula is C10H16ClN3OS. The molecule has 0 aliphatic carbocycles. The molecule has 0 unspecified atom stereocenters. The van der Waals surface area contributed by atoms with Crippen LogP contribution in [0, 0.1) is 0 Å². The van der Waals surface area contributed by atoms with Crippen LogP contribution in [0.4, 0.5) is 5.13 Å². The Balaban J connectivity index is 2.68. The van der Waals surface area contributed by atoms with Crippen molar-refractivity contribution in [2.45, 2.75) is 44.9 Å². The zero-order valence-corrected chi connectivity index (χ0v) is 11.2. The predicted octanol–water partition coefficient (Wildman–Crippen LogP) is 3.01. The van der Waals surface area contributed by atoms with Crippen LogP contribution >= 0.6 is 22.9 Å². The van der Waals surface area contributed by atoms with Gasteiger partial charge < -0.3 is 0 Å². The van der Waals surface area contributed by atoms with Crippen LogP contribution in [0.15, 0.2) is 0 Å². The van der Waals surface area contributed by atoms with E-state index in [1.54, 1.807) is 6.92 Å². The van der Waals surface area contributed by atoms with Crippen molar-refractivity contribution in [1.82, 2.24) is 10.2 Å². The van der Waals surface area contributed by atoms with Gasteiger partial charge in [-0.25, -0.2) is 0 Å². The highest BCUT2D eigenvalue weighted by atomic mass is 35.5. The molecule has 6 heteroatoms. The molecule has 0 aliphatic heterocycles. The number of rotatable bonds is 5. The Kier molecular flexibility index (Phi) is 5.15. The average Bonchev–Trinajstić information content (AvgIpc) is 2.68. The fourth-order valence-corrected chi connectivity index (χ4v) is 2.36. The van der Waals surface area contributed by atoms with Crippen LogP contribution in [0.5, 0.6) is 0 Å². The van der Waals surface area contributed by atoms with E-state index in [0.717, 1.165) is 17.8 Å². The van der Waals surface area contributed by atoms with Crippen molar-refractivity contribution in [2.24, 2.45) is 0 Å². The van der Waals surface area contributed by atoms with Crippen molar-refractivity contribution in [1.29, 1.82) is 0 Å². The summed E-state index contributed by atoms with van der Waals surface area (Å²) in [7, 11) is 0. The fraction of sp³-hybridized carbons (Fsp3) is 0.700. The number of carbonyl (C=O) groups is 1. The van der Waals surface area contributed by atoms with Crippen LogP contribution in [-0.2, 0) is 4.79 Å². The van der Waals surface area contributed by atoms with Gasteiger partial charge in [-0.05, 0) is 19.8 Å². The minimum absolute atomic E-state index is 0.242. The summed E-state index contributed by atoms with van der Waals surface area (Å²) in [6.07, 6.45) is 2.07. The number of nitrogens with zero attached hydrogens (tertiary/aromatic N) is 2. The zero-order chi connectivity index (χ0) is 12.1. The normalized spacial score (nSPS) is 12.8. The third-order valence-corrected chi connectivity index (χ3v) is 3.57. The van der Waals surface area contributed by atoms with Crippen molar-refractivity contribution >= 4 is 34.0 Å². The first kappa shape index (κ1) is 13.4. The van der Waals surface area contributed by atoms with Crippen LogP contribution in [-0.4, -0.2) is 21.5 Å². The van der Waals surface area contributed by atoms with E-state index in [0.29, 0.717) is 11.0 Å². The van der Waals surface area contributed by atoms with Crippen molar-refractivity contribution in [2.75, 3.05) is 5.32 Å². The van der Waals surface area contributed by atoms with Gasteiger partial charge in [0.15, 0.2) is 0 Å². The van der Waals surface area contributed by atoms with Crippen LogP contribution in [0.1, 0.15) is 44.5 Å². The molecule has 1 aromatic rings. The molecule has 0 aromatic carbocycles. The van der Waals surface area contributed by atoms with Crippen molar-refractivity contribution in [3.05, 3.63) is 5.01 Å². The largest absolute Gasteiger partial charge is 0.299 e. The Morgan fingerprint density at radius 2 is 2.06 bits per heavy atom. The maximum Gasteiger partial charge on any atom is 0.243 e. The monoisotopic (exact) mass is 261 g/mol. The van der Waals surface area contributed by atoms with Crippen molar-refractivity contribution in [3.8, 4) is 0 Å². The van der Waals surface area contributed by atoms with Gasteiger partial charge in [0.2, 0.25) is 11.0 Å². The summed E-state index contributed by atoms with van der Waals surface area (Å²) in [5.41, 5.74) is 0. The van der Waals surface area contributed by atoms with E-state index in [2.05, 4.69) is 29.4 Å². The molecule has 1 aromatic heterocycles. The second-order valence-corrected chi connectivity index (χ2v) is 5.23. The Labute approximate surface area is 104 Å². The lowest BCUT2D eigenvalue weighted by Crippen LogP contribution is -2.20. The zero-order valence-electron chi connectivity index (χ0n) is 9.66. The Morgan fingerprint density at radius 1 is 1.44 bits per heavy atom. The highest BCUT2D eigenvalue weighted by molar-refractivity contribution is 7.15. The quantitative estimate of drug-likeness (QED) is 0.829. The molecule has 1 amide bonds. The molecule has 16 heavy (non-hydrogen) atoms. The summed E-state index contributed by atoms with van der Waals surface area (Å²) in [4.78, 5) is 11.3. The number of nitrogens with one attached hydrogen (secondary N) is 1. The van der Waals surface area contributed by atoms with E-state index in [1.807, 2.05) is 0 Å². The van der Waals surface area contributed by atoms with Crippen LogP contribution in [0.25, 0.3) is 0 Å². The van der Waals surface area contributed by atoms with Gasteiger partial charge in [-0.15, -0.1) is 21.8 Å². The van der Waals surface area contributed by atoms with E-state index in [1.165, 1.54) is 11.3 Å². The molecule has 1 rings (SSSR count). The molecule has 0 bridgehead atoms. The van der Waals surface area contributed by atoms with Crippen molar-refractivity contribution < 1.29 is 4.79 Å². The maximum absolute atomic E-state index is 11.3. The molecule has 4 nitrogen and oxygen atoms in total. The number of halogens is 1. The highest BCUT2D eigenvalue weighted by Crippen LogP contribution is 2.28. The number of amides is 1. The third-order valence-electron chi connectivity index (χ3n) is 2.37. The van der Waals surface area contributed by atoms with Gasteiger partial charge in [0.05, 0.1) is 0 Å². The Hall–Kier alpha value is -0.680. The van der Waals surface area contributed by atoms with E-state index < -0.39 is 5.38 Å². The first-order valence-electron chi connectivity index (χ1n) is 5.36. The molecular weight excluding hydrogens is 246 g/mol.